The van der Waals surface area contributed by atoms with Crippen molar-refractivity contribution >= 4 is 23.6 Å². The molecule has 1 aromatic carbocycles. The maximum absolute atomic E-state index is 13.8. The molecule has 3 rings (SSSR count). The van der Waals surface area contributed by atoms with Crippen LogP contribution in [0.3, 0.4) is 0 Å². The number of aryl methyl sites for hydroxylation is 1. The first kappa shape index (κ1) is 16.8. The molecule has 23 heavy (non-hydrogen) atoms. The highest BCUT2D eigenvalue weighted by Crippen LogP contribution is 2.31. The number of hydrogen-bond acceptors (Lipinski definition) is 4. The zero-order valence-corrected chi connectivity index (χ0v) is 13.1. The highest BCUT2D eigenvalue weighted by molar-refractivity contribution is 6.24. The van der Waals surface area contributed by atoms with Crippen molar-refractivity contribution in [3.8, 4) is 0 Å². The second-order valence-corrected chi connectivity index (χ2v) is 5.06. The summed E-state index contributed by atoms with van der Waals surface area (Å²) in [7, 11) is 0. The van der Waals surface area contributed by atoms with E-state index < -0.39 is 35.5 Å². The van der Waals surface area contributed by atoms with E-state index >= 15 is 0 Å². The van der Waals surface area contributed by atoms with Crippen molar-refractivity contribution in [2.75, 3.05) is 0 Å². The lowest BCUT2D eigenvalue weighted by Gasteiger charge is -2.27. The standard InChI is InChI=1S/C14H11FN2O4.C2H6/c1-6-2-3-7(15)11-10(6)13(20)17(14(11)21)8-4-5-9(18)16-12(8)19;1-2/h2-3,8H,4-5H2,1H3,(H,16,18,19);1-2H3. The molecule has 0 aliphatic carbocycles. The number of halogens is 1. The lowest BCUT2D eigenvalue weighted by atomic mass is 10.0. The van der Waals surface area contributed by atoms with Gasteiger partial charge in [0.25, 0.3) is 11.8 Å². The number of piperidine rings is 1. The Hall–Kier alpha value is -2.57. The smallest absolute Gasteiger partial charge is 0.265 e. The van der Waals surface area contributed by atoms with Crippen LogP contribution in [0.4, 0.5) is 4.39 Å². The quantitative estimate of drug-likeness (QED) is 0.796. The van der Waals surface area contributed by atoms with Crippen LogP contribution in [0.15, 0.2) is 12.1 Å². The zero-order chi connectivity index (χ0) is 17.3. The maximum atomic E-state index is 13.8. The molecule has 122 valence electrons. The normalized spacial score (nSPS) is 20.0. The average molecular weight is 320 g/mol. The lowest BCUT2D eigenvalue weighted by Crippen LogP contribution is -2.54. The van der Waals surface area contributed by atoms with Crippen molar-refractivity contribution in [1.82, 2.24) is 10.2 Å². The van der Waals surface area contributed by atoms with E-state index in [-0.39, 0.29) is 24.0 Å². The van der Waals surface area contributed by atoms with E-state index in [4.69, 9.17) is 0 Å². The van der Waals surface area contributed by atoms with Gasteiger partial charge in [0.15, 0.2) is 0 Å². The summed E-state index contributed by atoms with van der Waals surface area (Å²) < 4.78 is 13.8. The summed E-state index contributed by atoms with van der Waals surface area (Å²) in [6.45, 7) is 5.59. The van der Waals surface area contributed by atoms with E-state index in [0.717, 1.165) is 11.0 Å². The molecule has 2 aliphatic rings. The highest BCUT2D eigenvalue weighted by Gasteiger charge is 2.46. The minimum Gasteiger partial charge on any atom is -0.295 e. The Morgan fingerprint density at radius 1 is 1.09 bits per heavy atom. The van der Waals surface area contributed by atoms with Crippen LogP contribution >= 0.6 is 0 Å². The number of imide groups is 2. The summed E-state index contributed by atoms with van der Waals surface area (Å²) in [5.41, 5.74) is 0.161. The number of carbonyl (C=O) groups excluding carboxylic acids is 4. The molecule has 1 saturated heterocycles. The topological polar surface area (TPSA) is 83.6 Å². The van der Waals surface area contributed by atoms with Gasteiger partial charge in [0, 0.05) is 6.42 Å². The van der Waals surface area contributed by atoms with Gasteiger partial charge in [0.2, 0.25) is 11.8 Å². The van der Waals surface area contributed by atoms with Gasteiger partial charge in [-0.15, -0.1) is 0 Å². The van der Waals surface area contributed by atoms with Crippen molar-refractivity contribution in [2.24, 2.45) is 0 Å². The van der Waals surface area contributed by atoms with Crippen LogP contribution in [0.2, 0.25) is 0 Å². The molecule has 0 aromatic heterocycles. The molecule has 0 spiro atoms. The SMILES string of the molecule is CC.Cc1ccc(F)c2c1C(=O)N(C1CCC(=O)NC1=O)C2=O. The number of fused-ring (bicyclic) bond motifs is 1. The monoisotopic (exact) mass is 320 g/mol. The van der Waals surface area contributed by atoms with E-state index in [9.17, 15) is 23.6 Å². The predicted octanol–water partition coefficient (Wildman–Crippen LogP) is 1.56. The maximum Gasteiger partial charge on any atom is 0.265 e. The van der Waals surface area contributed by atoms with Gasteiger partial charge < -0.3 is 0 Å². The van der Waals surface area contributed by atoms with Gasteiger partial charge in [-0.2, -0.15) is 0 Å². The average Bonchev–Trinajstić information content (AvgIpc) is 2.78. The second kappa shape index (κ2) is 6.28. The number of rotatable bonds is 1. The molecular formula is C16H17FN2O4. The van der Waals surface area contributed by atoms with Crippen LogP contribution in [0.5, 0.6) is 0 Å². The first-order chi connectivity index (χ1) is 10.9. The lowest BCUT2D eigenvalue weighted by molar-refractivity contribution is -0.136. The first-order valence-corrected chi connectivity index (χ1v) is 7.42. The number of benzene rings is 1. The third-order valence-corrected chi connectivity index (χ3v) is 3.75. The molecular weight excluding hydrogens is 303 g/mol. The van der Waals surface area contributed by atoms with Crippen LogP contribution in [0, 0.1) is 12.7 Å². The summed E-state index contributed by atoms with van der Waals surface area (Å²) in [5.74, 6) is -3.47. The van der Waals surface area contributed by atoms with Crippen molar-refractivity contribution in [2.45, 2.75) is 39.7 Å². The van der Waals surface area contributed by atoms with Crippen LogP contribution in [-0.4, -0.2) is 34.6 Å². The zero-order valence-electron chi connectivity index (χ0n) is 13.1. The number of nitrogens with one attached hydrogen (secondary N) is 1. The molecule has 0 bridgehead atoms. The summed E-state index contributed by atoms with van der Waals surface area (Å²) in [6.07, 6.45) is 0.0854. The fourth-order valence-corrected chi connectivity index (χ4v) is 2.71. The molecule has 1 unspecified atom stereocenters. The van der Waals surface area contributed by atoms with Gasteiger partial charge in [-0.25, -0.2) is 4.39 Å². The predicted molar refractivity (Wildman–Crippen MR) is 79.2 cm³/mol. The van der Waals surface area contributed by atoms with Crippen LogP contribution < -0.4 is 5.32 Å². The van der Waals surface area contributed by atoms with Gasteiger partial charge in [-0.05, 0) is 25.0 Å². The van der Waals surface area contributed by atoms with E-state index in [0.29, 0.717) is 5.56 Å². The summed E-state index contributed by atoms with van der Waals surface area (Å²) in [4.78, 5) is 48.4. The number of hydrogen-bond donors (Lipinski definition) is 1. The van der Waals surface area contributed by atoms with Crippen LogP contribution in [-0.2, 0) is 9.59 Å². The van der Waals surface area contributed by atoms with Gasteiger partial charge in [0.05, 0.1) is 11.1 Å². The highest BCUT2D eigenvalue weighted by atomic mass is 19.1. The van der Waals surface area contributed by atoms with Gasteiger partial charge in [-0.3, -0.25) is 29.4 Å². The molecule has 1 N–H and O–H groups in total. The summed E-state index contributed by atoms with van der Waals surface area (Å²) in [6, 6.07) is 1.45. The van der Waals surface area contributed by atoms with Crippen molar-refractivity contribution in [3.63, 3.8) is 0 Å². The Labute approximate surface area is 132 Å². The fourth-order valence-electron chi connectivity index (χ4n) is 2.71. The third-order valence-electron chi connectivity index (χ3n) is 3.75. The number of amides is 4. The fraction of sp³-hybridized carbons (Fsp3) is 0.375. The van der Waals surface area contributed by atoms with Gasteiger partial charge >= 0.3 is 0 Å². The number of nitrogens with zero attached hydrogens (tertiary/aromatic N) is 1. The van der Waals surface area contributed by atoms with E-state index in [1.165, 1.54) is 6.07 Å². The Bertz CT molecular complexity index is 673. The van der Waals surface area contributed by atoms with Gasteiger partial charge in [0.1, 0.15) is 11.9 Å². The van der Waals surface area contributed by atoms with E-state index in [1.54, 1.807) is 6.92 Å². The molecule has 2 aliphatic heterocycles. The Balaban J connectivity index is 0.000000924. The Morgan fingerprint density at radius 3 is 2.26 bits per heavy atom. The molecule has 1 atom stereocenters. The molecule has 4 amide bonds. The van der Waals surface area contributed by atoms with Crippen LogP contribution in [0.25, 0.3) is 0 Å². The molecule has 1 fully saturated rings. The minimum atomic E-state index is -1.08. The first-order valence-electron chi connectivity index (χ1n) is 7.42. The molecule has 6 nitrogen and oxygen atoms in total. The molecule has 0 radical (unpaired) electrons. The number of carbonyl (C=O) groups is 4. The van der Waals surface area contributed by atoms with Gasteiger partial charge in [-0.1, -0.05) is 19.9 Å². The van der Waals surface area contributed by atoms with Crippen molar-refractivity contribution < 1.29 is 23.6 Å². The Morgan fingerprint density at radius 2 is 1.70 bits per heavy atom. The van der Waals surface area contributed by atoms with E-state index in [1.807, 2.05) is 13.8 Å². The third kappa shape index (κ3) is 2.62. The molecule has 0 saturated carbocycles. The minimum absolute atomic E-state index is 0.00954. The summed E-state index contributed by atoms with van der Waals surface area (Å²) in [5, 5.41) is 2.09. The Kier molecular flexibility index (Phi) is 4.58. The van der Waals surface area contributed by atoms with Crippen molar-refractivity contribution in [1.29, 1.82) is 0 Å². The van der Waals surface area contributed by atoms with Crippen molar-refractivity contribution in [3.05, 3.63) is 34.6 Å². The van der Waals surface area contributed by atoms with E-state index in [2.05, 4.69) is 5.32 Å². The molecule has 2 heterocycles. The summed E-state index contributed by atoms with van der Waals surface area (Å²) >= 11 is 0. The van der Waals surface area contributed by atoms with Crippen LogP contribution in [0.1, 0.15) is 53.0 Å². The molecule has 1 aromatic rings. The second-order valence-electron chi connectivity index (χ2n) is 5.06. The molecule has 7 heteroatoms. The largest absolute Gasteiger partial charge is 0.295 e.